The van der Waals surface area contributed by atoms with Gasteiger partial charge in [0.25, 0.3) is 0 Å². The molecular weight excluding hydrogens is 369 g/mol. The number of aromatic nitrogens is 1. The van der Waals surface area contributed by atoms with Gasteiger partial charge in [0.05, 0.1) is 5.69 Å². The zero-order valence-corrected chi connectivity index (χ0v) is 14.8. The number of halogens is 2. The Kier molecular flexibility index (Phi) is 6.05. The largest absolute Gasteiger partial charge is 0.307 e. The van der Waals surface area contributed by atoms with E-state index in [0.29, 0.717) is 24.8 Å². The number of anilines is 1. The fraction of sp³-hybridized carbons (Fsp3) is 0.333. The monoisotopic (exact) mass is 385 g/mol. The lowest BCUT2D eigenvalue weighted by molar-refractivity contribution is -0.116. The van der Waals surface area contributed by atoms with E-state index in [1.807, 2.05) is 12.3 Å². The van der Waals surface area contributed by atoms with Gasteiger partial charge < -0.3 is 5.32 Å². The normalized spacial score (nSPS) is 10.7. The van der Waals surface area contributed by atoms with Crippen LogP contribution >= 0.6 is 27.3 Å². The number of rotatable bonds is 6. The highest BCUT2D eigenvalue weighted by atomic mass is 79.9. The van der Waals surface area contributed by atoms with E-state index in [0.717, 1.165) is 15.7 Å². The first-order valence-corrected chi connectivity index (χ1v) is 8.55. The summed E-state index contributed by atoms with van der Waals surface area (Å²) in [5, 5.41) is 5.86. The van der Waals surface area contributed by atoms with Gasteiger partial charge in [-0.2, -0.15) is 0 Å². The van der Waals surface area contributed by atoms with Crippen LogP contribution in [-0.4, -0.2) is 17.4 Å². The summed E-state index contributed by atoms with van der Waals surface area (Å²) in [6.45, 7) is 5.16. The Balaban J connectivity index is 1.94. The van der Waals surface area contributed by atoms with Crippen molar-refractivity contribution < 1.29 is 9.18 Å². The van der Waals surface area contributed by atoms with E-state index < -0.39 is 0 Å². The predicted molar refractivity (Wildman–Crippen MR) is 90.5 cm³/mol. The van der Waals surface area contributed by atoms with Gasteiger partial charge >= 0.3 is 0 Å². The molecule has 0 atom stereocenters. The SMILES string of the molecule is CCN(C(C)=O)c1nc(CNCc2cc(F)ccc2Br)cs1. The van der Waals surface area contributed by atoms with Crippen LogP contribution in [0.25, 0.3) is 0 Å². The lowest BCUT2D eigenvalue weighted by Gasteiger charge is -2.14. The maximum Gasteiger partial charge on any atom is 0.225 e. The molecule has 0 aliphatic heterocycles. The Morgan fingerprint density at radius 3 is 2.91 bits per heavy atom. The van der Waals surface area contributed by atoms with Crippen LogP contribution in [0, 0.1) is 5.82 Å². The number of carbonyl (C=O) groups excluding carboxylic acids is 1. The van der Waals surface area contributed by atoms with E-state index in [-0.39, 0.29) is 11.7 Å². The summed E-state index contributed by atoms with van der Waals surface area (Å²) in [6, 6.07) is 4.61. The van der Waals surface area contributed by atoms with E-state index in [4.69, 9.17) is 0 Å². The molecule has 0 aliphatic carbocycles. The summed E-state index contributed by atoms with van der Waals surface area (Å²) >= 11 is 4.85. The van der Waals surface area contributed by atoms with Crippen molar-refractivity contribution in [3.8, 4) is 0 Å². The van der Waals surface area contributed by atoms with Crippen LogP contribution in [-0.2, 0) is 17.9 Å². The first-order chi connectivity index (χ1) is 10.5. The third-order valence-electron chi connectivity index (χ3n) is 3.10. The summed E-state index contributed by atoms with van der Waals surface area (Å²) in [7, 11) is 0. The second kappa shape index (κ2) is 7.80. The molecular formula is C15H17BrFN3OS. The molecule has 1 heterocycles. The van der Waals surface area contributed by atoms with Gasteiger partial charge in [-0.1, -0.05) is 15.9 Å². The molecule has 1 N–H and O–H groups in total. The molecule has 0 saturated carbocycles. The Bertz CT molecular complexity index is 662. The Morgan fingerprint density at radius 2 is 2.23 bits per heavy atom. The zero-order valence-electron chi connectivity index (χ0n) is 12.4. The predicted octanol–water partition coefficient (Wildman–Crippen LogP) is 3.71. The maximum atomic E-state index is 13.2. The summed E-state index contributed by atoms with van der Waals surface area (Å²) in [4.78, 5) is 17.6. The molecule has 1 aromatic carbocycles. The van der Waals surface area contributed by atoms with Gasteiger partial charge in [0.2, 0.25) is 5.91 Å². The van der Waals surface area contributed by atoms with Gasteiger partial charge in [-0.05, 0) is 30.7 Å². The Labute approximate surface area is 141 Å². The van der Waals surface area contributed by atoms with Gasteiger partial charge in [0.15, 0.2) is 5.13 Å². The van der Waals surface area contributed by atoms with E-state index >= 15 is 0 Å². The average Bonchev–Trinajstić information content (AvgIpc) is 2.91. The molecule has 0 radical (unpaired) electrons. The number of benzene rings is 1. The van der Waals surface area contributed by atoms with Crippen LogP contribution in [0.3, 0.4) is 0 Å². The van der Waals surface area contributed by atoms with E-state index in [1.54, 1.807) is 11.0 Å². The van der Waals surface area contributed by atoms with Crippen LogP contribution in [0.4, 0.5) is 9.52 Å². The lowest BCUT2D eigenvalue weighted by atomic mass is 10.2. The number of nitrogens with zero attached hydrogens (tertiary/aromatic N) is 2. The topological polar surface area (TPSA) is 45.2 Å². The first kappa shape index (κ1) is 17.1. The molecule has 1 aromatic heterocycles. The minimum absolute atomic E-state index is 0.0138. The highest BCUT2D eigenvalue weighted by Crippen LogP contribution is 2.21. The molecule has 4 nitrogen and oxygen atoms in total. The average molecular weight is 386 g/mol. The minimum atomic E-state index is -0.254. The third kappa shape index (κ3) is 4.34. The standard InChI is InChI=1S/C15H17BrFN3OS/c1-3-20(10(2)21)15-19-13(9-22-15)8-18-7-11-6-12(17)4-5-14(11)16/h4-6,9,18H,3,7-8H2,1-2H3. The fourth-order valence-electron chi connectivity index (χ4n) is 2.00. The van der Waals surface area contributed by atoms with Crippen molar-refractivity contribution in [3.05, 3.63) is 45.1 Å². The summed E-state index contributed by atoms with van der Waals surface area (Å²) in [6.07, 6.45) is 0. The lowest BCUT2D eigenvalue weighted by Crippen LogP contribution is -2.27. The Morgan fingerprint density at radius 1 is 1.45 bits per heavy atom. The van der Waals surface area contributed by atoms with Crippen molar-refractivity contribution in [3.63, 3.8) is 0 Å². The molecule has 2 aromatic rings. The molecule has 0 unspecified atom stereocenters. The number of amides is 1. The second-order valence-electron chi connectivity index (χ2n) is 4.72. The molecule has 0 saturated heterocycles. The number of thiazole rings is 1. The van der Waals surface area contributed by atoms with Crippen LogP contribution in [0.2, 0.25) is 0 Å². The zero-order chi connectivity index (χ0) is 16.1. The Hall–Kier alpha value is -1.31. The number of nitrogens with one attached hydrogen (secondary N) is 1. The number of hydrogen-bond donors (Lipinski definition) is 1. The molecule has 0 aliphatic rings. The number of hydrogen-bond acceptors (Lipinski definition) is 4. The van der Waals surface area contributed by atoms with Gasteiger partial charge in [0, 0.05) is 36.4 Å². The van der Waals surface area contributed by atoms with E-state index in [2.05, 4.69) is 26.2 Å². The van der Waals surface area contributed by atoms with E-state index in [1.165, 1.54) is 30.4 Å². The summed E-state index contributed by atoms with van der Waals surface area (Å²) in [5.41, 5.74) is 1.72. The van der Waals surface area contributed by atoms with Gasteiger partial charge in [-0.3, -0.25) is 9.69 Å². The van der Waals surface area contributed by atoms with Gasteiger partial charge in [-0.25, -0.2) is 9.37 Å². The van der Waals surface area contributed by atoms with Crippen molar-refractivity contribution in [2.24, 2.45) is 0 Å². The van der Waals surface area contributed by atoms with Crippen molar-refractivity contribution in [1.82, 2.24) is 10.3 Å². The second-order valence-corrected chi connectivity index (χ2v) is 6.41. The van der Waals surface area contributed by atoms with Gasteiger partial charge in [0.1, 0.15) is 5.82 Å². The van der Waals surface area contributed by atoms with Crippen molar-refractivity contribution >= 4 is 38.3 Å². The van der Waals surface area contributed by atoms with Crippen LogP contribution < -0.4 is 10.2 Å². The number of carbonyl (C=O) groups is 1. The highest BCUT2D eigenvalue weighted by molar-refractivity contribution is 9.10. The molecule has 22 heavy (non-hydrogen) atoms. The fourth-order valence-corrected chi connectivity index (χ4v) is 3.32. The van der Waals surface area contributed by atoms with Crippen LogP contribution in [0.5, 0.6) is 0 Å². The molecule has 7 heteroatoms. The maximum absolute atomic E-state index is 13.2. The van der Waals surface area contributed by atoms with Crippen LogP contribution in [0.1, 0.15) is 25.1 Å². The third-order valence-corrected chi connectivity index (χ3v) is 4.78. The van der Waals surface area contributed by atoms with Crippen molar-refractivity contribution in [1.29, 1.82) is 0 Å². The highest BCUT2D eigenvalue weighted by Gasteiger charge is 2.13. The molecule has 0 fully saturated rings. The van der Waals surface area contributed by atoms with Crippen molar-refractivity contribution in [2.45, 2.75) is 26.9 Å². The van der Waals surface area contributed by atoms with Crippen LogP contribution in [0.15, 0.2) is 28.1 Å². The quantitative estimate of drug-likeness (QED) is 0.824. The molecule has 2 rings (SSSR count). The molecule has 0 spiro atoms. The van der Waals surface area contributed by atoms with Crippen molar-refractivity contribution in [2.75, 3.05) is 11.4 Å². The smallest absolute Gasteiger partial charge is 0.225 e. The molecule has 1 amide bonds. The minimum Gasteiger partial charge on any atom is -0.307 e. The molecule has 118 valence electrons. The summed E-state index contributed by atoms with van der Waals surface area (Å²) < 4.78 is 14.1. The molecule has 0 bridgehead atoms. The van der Waals surface area contributed by atoms with E-state index in [9.17, 15) is 9.18 Å². The van der Waals surface area contributed by atoms with Gasteiger partial charge in [-0.15, -0.1) is 11.3 Å². The first-order valence-electron chi connectivity index (χ1n) is 6.88. The summed E-state index contributed by atoms with van der Waals surface area (Å²) in [5.74, 6) is -0.268.